The minimum Gasteiger partial charge on any atom is -0.483 e. The smallest absolute Gasteiger partial charge is 0.260 e. The quantitative estimate of drug-likeness (QED) is 0.907. The lowest BCUT2D eigenvalue weighted by Crippen LogP contribution is -2.35. The van der Waals surface area contributed by atoms with Crippen molar-refractivity contribution in [3.8, 4) is 5.75 Å². The van der Waals surface area contributed by atoms with Crippen molar-refractivity contribution < 1.29 is 14.3 Å². The molecule has 3 rings (SSSR count). The molecule has 2 fully saturated rings. The summed E-state index contributed by atoms with van der Waals surface area (Å²) in [4.78, 5) is 26.4. The van der Waals surface area contributed by atoms with Crippen molar-refractivity contribution >= 4 is 11.8 Å². The van der Waals surface area contributed by atoms with E-state index in [1.54, 1.807) is 12.1 Å². The summed E-state index contributed by atoms with van der Waals surface area (Å²) in [7, 11) is 0. The second kappa shape index (κ2) is 7.49. The van der Waals surface area contributed by atoms with Gasteiger partial charge in [-0.25, -0.2) is 0 Å². The van der Waals surface area contributed by atoms with Crippen LogP contribution in [0.25, 0.3) is 0 Å². The fourth-order valence-electron chi connectivity index (χ4n) is 2.82. The van der Waals surface area contributed by atoms with E-state index in [4.69, 9.17) is 4.74 Å². The fourth-order valence-corrected chi connectivity index (χ4v) is 2.82. The molecule has 0 atom stereocenters. The van der Waals surface area contributed by atoms with Crippen molar-refractivity contribution in [1.82, 2.24) is 10.2 Å². The molecule has 1 aromatic carbocycles. The van der Waals surface area contributed by atoms with E-state index in [0.29, 0.717) is 17.4 Å². The number of para-hydroxylation sites is 1. The van der Waals surface area contributed by atoms with Gasteiger partial charge in [-0.3, -0.25) is 9.59 Å². The molecule has 1 heterocycles. The number of ether oxygens (including phenoxy) is 1. The van der Waals surface area contributed by atoms with Crippen LogP contribution in [0.1, 0.15) is 48.9 Å². The maximum absolute atomic E-state index is 12.3. The normalized spacial score (nSPS) is 18.2. The highest BCUT2D eigenvalue weighted by Gasteiger charge is 2.25. The molecule has 2 amide bonds. The summed E-state index contributed by atoms with van der Waals surface area (Å²) in [5.74, 6) is 0.364. The molecule has 1 saturated heterocycles. The Hall–Kier alpha value is -2.04. The number of nitrogens with zero attached hydrogens (tertiary/aromatic N) is 1. The van der Waals surface area contributed by atoms with Crippen LogP contribution in [0.4, 0.5) is 0 Å². The highest BCUT2D eigenvalue weighted by Crippen LogP contribution is 2.22. The van der Waals surface area contributed by atoms with Gasteiger partial charge < -0.3 is 15.0 Å². The van der Waals surface area contributed by atoms with Gasteiger partial charge in [-0.05, 0) is 37.8 Å². The number of nitrogens with one attached hydrogen (secondary N) is 1. The summed E-state index contributed by atoms with van der Waals surface area (Å²) < 4.78 is 5.66. The molecule has 124 valence electrons. The molecule has 2 aliphatic rings. The molecule has 1 N–H and O–H groups in total. The Kier molecular flexibility index (Phi) is 5.16. The van der Waals surface area contributed by atoms with Gasteiger partial charge in [-0.1, -0.05) is 25.0 Å². The molecular formula is C18H24N2O3. The lowest BCUT2D eigenvalue weighted by atomic mass is 10.2. The van der Waals surface area contributed by atoms with Gasteiger partial charge in [-0.2, -0.15) is 0 Å². The summed E-state index contributed by atoms with van der Waals surface area (Å²) >= 11 is 0. The molecule has 0 aromatic heterocycles. The van der Waals surface area contributed by atoms with Gasteiger partial charge in [0.1, 0.15) is 5.75 Å². The van der Waals surface area contributed by atoms with Crippen LogP contribution in [0.2, 0.25) is 0 Å². The van der Waals surface area contributed by atoms with Crippen LogP contribution in [0.3, 0.4) is 0 Å². The summed E-state index contributed by atoms with van der Waals surface area (Å²) in [6.45, 7) is 1.62. The van der Waals surface area contributed by atoms with Gasteiger partial charge in [0, 0.05) is 19.1 Å². The maximum atomic E-state index is 12.3. The third-order valence-corrected chi connectivity index (χ3v) is 4.35. The van der Waals surface area contributed by atoms with Crippen LogP contribution in [-0.2, 0) is 4.79 Å². The third-order valence-electron chi connectivity index (χ3n) is 4.35. The summed E-state index contributed by atoms with van der Waals surface area (Å²) in [6, 6.07) is 7.42. The lowest BCUT2D eigenvalue weighted by molar-refractivity contribution is -0.133. The molecule has 5 heteroatoms. The van der Waals surface area contributed by atoms with E-state index in [1.165, 1.54) is 12.8 Å². The van der Waals surface area contributed by atoms with Crippen LogP contribution in [0, 0.1) is 0 Å². The molecule has 1 aliphatic heterocycles. The summed E-state index contributed by atoms with van der Waals surface area (Å²) in [5.41, 5.74) is 0.503. The zero-order valence-corrected chi connectivity index (χ0v) is 13.4. The van der Waals surface area contributed by atoms with Gasteiger partial charge >= 0.3 is 0 Å². The molecule has 0 bridgehead atoms. The van der Waals surface area contributed by atoms with Crippen molar-refractivity contribution in [3.05, 3.63) is 29.8 Å². The molecule has 5 nitrogen and oxygen atoms in total. The summed E-state index contributed by atoms with van der Waals surface area (Å²) in [6.07, 6.45) is 6.59. The number of rotatable bonds is 5. The Bertz CT molecular complexity index is 561. The third kappa shape index (κ3) is 4.47. The van der Waals surface area contributed by atoms with Crippen LogP contribution < -0.4 is 10.1 Å². The van der Waals surface area contributed by atoms with E-state index in [0.717, 1.165) is 38.8 Å². The topological polar surface area (TPSA) is 58.6 Å². The van der Waals surface area contributed by atoms with Gasteiger partial charge in [0.15, 0.2) is 6.61 Å². The molecule has 1 aromatic rings. The lowest BCUT2D eigenvalue weighted by Gasteiger charge is -2.20. The zero-order valence-electron chi connectivity index (χ0n) is 13.4. The highest BCUT2D eigenvalue weighted by molar-refractivity contribution is 5.97. The molecule has 1 saturated carbocycles. The minimum absolute atomic E-state index is 0.00399. The van der Waals surface area contributed by atoms with Gasteiger partial charge in [0.2, 0.25) is 0 Å². The van der Waals surface area contributed by atoms with E-state index in [1.807, 2.05) is 17.0 Å². The number of hydrogen-bond acceptors (Lipinski definition) is 3. The molecule has 0 spiro atoms. The van der Waals surface area contributed by atoms with Crippen molar-refractivity contribution in [2.75, 3.05) is 19.7 Å². The Morgan fingerprint density at radius 2 is 1.78 bits per heavy atom. The largest absolute Gasteiger partial charge is 0.483 e. The number of benzene rings is 1. The molecule has 1 aliphatic carbocycles. The fraction of sp³-hybridized carbons (Fsp3) is 0.556. The number of hydrogen-bond donors (Lipinski definition) is 1. The van der Waals surface area contributed by atoms with Crippen LogP contribution >= 0.6 is 0 Å². The second-order valence-corrected chi connectivity index (χ2v) is 6.33. The first-order valence-corrected chi connectivity index (χ1v) is 8.54. The first kappa shape index (κ1) is 15.8. The Morgan fingerprint density at radius 3 is 2.48 bits per heavy atom. The number of likely N-dealkylation sites (tertiary alicyclic amines) is 1. The van der Waals surface area contributed by atoms with Crippen molar-refractivity contribution in [2.45, 2.75) is 44.6 Å². The predicted octanol–water partition coefficient (Wildman–Crippen LogP) is 2.36. The SMILES string of the molecule is O=C(NC1CC1)c1ccccc1OCC(=O)N1CCCCCC1. The maximum Gasteiger partial charge on any atom is 0.260 e. The van der Waals surface area contributed by atoms with E-state index >= 15 is 0 Å². The highest BCUT2D eigenvalue weighted by atomic mass is 16.5. The minimum atomic E-state index is -0.120. The average molecular weight is 316 g/mol. The Morgan fingerprint density at radius 1 is 1.09 bits per heavy atom. The van der Waals surface area contributed by atoms with E-state index in [-0.39, 0.29) is 18.4 Å². The zero-order chi connectivity index (χ0) is 16.1. The Labute approximate surface area is 137 Å². The van der Waals surface area contributed by atoms with Crippen molar-refractivity contribution in [2.24, 2.45) is 0 Å². The molecule has 0 radical (unpaired) electrons. The van der Waals surface area contributed by atoms with E-state index in [9.17, 15) is 9.59 Å². The second-order valence-electron chi connectivity index (χ2n) is 6.33. The van der Waals surface area contributed by atoms with Crippen LogP contribution in [0.5, 0.6) is 5.75 Å². The number of carbonyl (C=O) groups excluding carboxylic acids is 2. The predicted molar refractivity (Wildman–Crippen MR) is 87.5 cm³/mol. The Balaban J connectivity index is 1.58. The van der Waals surface area contributed by atoms with Crippen molar-refractivity contribution in [1.29, 1.82) is 0 Å². The number of carbonyl (C=O) groups is 2. The number of amides is 2. The molecule has 0 unspecified atom stereocenters. The van der Waals surface area contributed by atoms with Gasteiger partial charge in [0.05, 0.1) is 5.56 Å². The monoisotopic (exact) mass is 316 g/mol. The summed E-state index contributed by atoms with van der Waals surface area (Å²) in [5, 5.41) is 2.96. The van der Waals surface area contributed by atoms with E-state index in [2.05, 4.69) is 5.32 Å². The molecule has 23 heavy (non-hydrogen) atoms. The van der Waals surface area contributed by atoms with Crippen LogP contribution in [0.15, 0.2) is 24.3 Å². The van der Waals surface area contributed by atoms with Gasteiger partial charge in [0.25, 0.3) is 11.8 Å². The van der Waals surface area contributed by atoms with Crippen molar-refractivity contribution in [3.63, 3.8) is 0 Å². The van der Waals surface area contributed by atoms with Gasteiger partial charge in [-0.15, -0.1) is 0 Å². The first-order chi connectivity index (χ1) is 11.2. The van der Waals surface area contributed by atoms with Crippen LogP contribution in [-0.4, -0.2) is 42.5 Å². The molecular weight excluding hydrogens is 292 g/mol. The first-order valence-electron chi connectivity index (χ1n) is 8.54. The van der Waals surface area contributed by atoms with E-state index < -0.39 is 0 Å². The standard InChI is InChI=1S/C18H24N2O3/c21-17(20-11-5-1-2-6-12-20)13-23-16-8-4-3-7-15(16)18(22)19-14-9-10-14/h3-4,7-8,14H,1-2,5-6,9-13H2,(H,19,22). The average Bonchev–Trinajstić information content (AvgIpc) is 3.39.